The number of aromatic amines is 1. The Morgan fingerprint density at radius 1 is 0.939 bits per heavy atom. The highest BCUT2D eigenvalue weighted by Crippen LogP contribution is 2.25. The Morgan fingerprint density at radius 2 is 1.69 bits per heavy atom. The van der Waals surface area contributed by atoms with Crippen LogP contribution in [-0.4, -0.2) is 99.8 Å². The van der Waals surface area contributed by atoms with Crippen LogP contribution in [-0.2, 0) is 32.0 Å². The van der Waals surface area contributed by atoms with Crippen molar-refractivity contribution in [2.24, 2.45) is 0 Å². The summed E-state index contributed by atoms with van der Waals surface area (Å²) in [6, 6.07) is 15.4. The van der Waals surface area contributed by atoms with E-state index in [1.807, 2.05) is 68.4 Å². The SMILES string of the molecule is Cc1cc(C(=O)N2CCNC(=O)[C@H](Cc3ccccc3)NC(=O)[C@@H]3C[C@@H](O)CN3C(=O)[C@@H](Cc3c[nH]c4ccccc34)NC(=O)C2)sc1C. The molecule has 0 saturated carbocycles. The molecule has 4 heterocycles. The third-order valence-corrected chi connectivity index (χ3v) is 10.3. The maximum absolute atomic E-state index is 14.3. The Hall–Kier alpha value is -5.01. The fraction of sp³-hybridized carbons (Fsp3) is 0.361. The molecule has 2 aromatic heterocycles. The van der Waals surface area contributed by atoms with Gasteiger partial charge in [0.2, 0.25) is 23.6 Å². The lowest BCUT2D eigenvalue weighted by Gasteiger charge is -2.30. The van der Waals surface area contributed by atoms with Crippen LogP contribution in [0.4, 0.5) is 0 Å². The van der Waals surface area contributed by atoms with E-state index >= 15 is 0 Å². The number of carbonyl (C=O) groups excluding carboxylic acids is 5. The van der Waals surface area contributed by atoms with E-state index < -0.39 is 47.9 Å². The first-order chi connectivity index (χ1) is 23.6. The van der Waals surface area contributed by atoms with Crippen LogP contribution < -0.4 is 16.0 Å². The number of amides is 5. The van der Waals surface area contributed by atoms with Gasteiger partial charge in [-0.15, -0.1) is 11.3 Å². The molecule has 49 heavy (non-hydrogen) atoms. The zero-order valence-corrected chi connectivity index (χ0v) is 28.2. The fourth-order valence-electron chi connectivity index (χ4n) is 6.49. The molecule has 0 spiro atoms. The zero-order chi connectivity index (χ0) is 34.7. The average Bonchev–Trinajstić information content (AvgIpc) is 3.79. The number of aliphatic hydroxyl groups is 1. The normalized spacial score (nSPS) is 22.6. The van der Waals surface area contributed by atoms with Crippen LogP contribution in [0, 0.1) is 13.8 Å². The number of aryl methyl sites for hydroxylation is 2. The molecule has 0 bridgehead atoms. The molecule has 12 nitrogen and oxygen atoms in total. The van der Waals surface area contributed by atoms with Crippen molar-refractivity contribution < 1.29 is 29.1 Å². The number of fused-ring (bicyclic) bond motifs is 2. The summed E-state index contributed by atoms with van der Waals surface area (Å²) >= 11 is 1.33. The number of hydrogen-bond acceptors (Lipinski definition) is 7. The van der Waals surface area contributed by atoms with Crippen LogP contribution in [0.3, 0.4) is 0 Å². The summed E-state index contributed by atoms with van der Waals surface area (Å²) in [5, 5.41) is 20.1. The van der Waals surface area contributed by atoms with Crippen molar-refractivity contribution in [3.05, 3.63) is 93.3 Å². The van der Waals surface area contributed by atoms with Crippen LogP contribution >= 0.6 is 11.3 Å². The summed E-state index contributed by atoms with van der Waals surface area (Å²) in [5.74, 6) is -2.53. The number of aromatic nitrogens is 1. The second-order valence-electron chi connectivity index (χ2n) is 12.7. The molecule has 4 aromatic rings. The van der Waals surface area contributed by atoms with Crippen molar-refractivity contribution in [1.29, 1.82) is 0 Å². The lowest BCUT2D eigenvalue weighted by molar-refractivity contribution is -0.142. The number of nitrogens with zero attached hydrogens (tertiary/aromatic N) is 2. The molecular weight excluding hydrogens is 644 g/mol. The average molecular weight is 685 g/mol. The van der Waals surface area contributed by atoms with E-state index in [9.17, 15) is 29.1 Å². The molecule has 5 amide bonds. The smallest absolute Gasteiger partial charge is 0.264 e. The van der Waals surface area contributed by atoms with E-state index in [-0.39, 0.29) is 51.3 Å². The number of carbonyl (C=O) groups is 5. The minimum atomic E-state index is -1.11. The van der Waals surface area contributed by atoms with Gasteiger partial charge in [0.25, 0.3) is 5.91 Å². The molecule has 2 aromatic carbocycles. The van der Waals surface area contributed by atoms with Gasteiger partial charge >= 0.3 is 0 Å². The molecule has 0 unspecified atom stereocenters. The summed E-state index contributed by atoms with van der Waals surface area (Å²) in [4.78, 5) is 76.5. The highest BCUT2D eigenvalue weighted by Gasteiger charge is 2.43. The largest absolute Gasteiger partial charge is 0.391 e. The van der Waals surface area contributed by atoms with Gasteiger partial charge in [-0.3, -0.25) is 24.0 Å². The Labute approximate surface area is 287 Å². The van der Waals surface area contributed by atoms with Gasteiger partial charge in [-0.1, -0.05) is 48.5 Å². The van der Waals surface area contributed by atoms with Gasteiger partial charge in [0.15, 0.2) is 0 Å². The van der Waals surface area contributed by atoms with Crippen molar-refractivity contribution in [1.82, 2.24) is 30.7 Å². The molecular formula is C36H40N6O6S. The van der Waals surface area contributed by atoms with E-state index in [0.29, 0.717) is 4.88 Å². The summed E-state index contributed by atoms with van der Waals surface area (Å²) in [7, 11) is 0. The van der Waals surface area contributed by atoms with Crippen molar-refractivity contribution in [2.45, 2.75) is 57.3 Å². The number of hydrogen-bond donors (Lipinski definition) is 5. The first-order valence-electron chi connectivity index (χ1n) is 16.4. The van der Waals surface area contributed by atoms with Crippen molar-refractivity contribution in [2.75, 3.05) is 26.2 Å². The van der Waals surface area contributed by atoms with E-state index in [4.69, 9.17) is 0 Å². The van der Waals surface area contributed by atoms with Crippen LogP contribution in [0.15, 0.2) is 66.9 Å². The van der Waals surface area contributed by atoms with Crippen molar-refractivity contribution in [3.63, 3.8) is 0 Å². The Morgan fingerprint density at radius 3 is 2.45 bits per heavy atom. The summed E-state index contributed by atoms with van der Waals surface area (Å²) < 4.78 is 0. The summed E-state index contributed by atoms with van der Waals surface area (Å²) in [6.07, 6.45) is 1.07. The second-order valence-corrected chi connectivity index (χ2v) is 14.0. The molecule has 5 N–H and O–H groups in total. The standard InChI is InChI=1S/C36H40N6O6S/c1-21-14-31(49-22(21)2)36(48)41-13-12-37-33(45)28(15-23-8-4-3-5-9-23)40-34(46)30-17-25(43)19-42(30)35(47)29(39-32(44)20-41)16-24-18-38-27-11-7-6-10-26(24)27/h3-11,14,18,25,28-30,38,43H,12-13,15-17,19-20H2,1-2H3,(H,37,45)(H,39,44)(H,40,46)/t25-,28+,29-,30+/m1/s1. The first-order valence-corrected chi connectivity index (χ1v) is 17.2. The topological polar surface area (TPSA) is 164 Å². The number of thiophene rings is 1. The fourth-order valence-corrected chi connectivity index (χ4v) is 7.49. The number of H-pyrrole nitrogens is 1. The quantitative estimate of drug-likeness (QED) is 0.215. The predicted molar refractivity (Wildman–Crippen MR) is 185 cm³/mol. The molecule has 256 valence electrons. The van der Waals surface area contributed by atoms with Gasteiger partial charge in [-0.05, 0) is 42.7 Å². The van der Waals surface area contributed by atoms with Crippen molar-refractivity contribution >= 4 is 51.8 Å². The monoisotopic (exact) mass is 684 g/mol. The molecule has 6 rings (SSSR count). The number of rotatable bonds is 5. The van der Waals surface area contributed by atoms with Crippen LogP contribution in [0.25, 0.3) is 10.9 Å². The number of nitrogens with one attached hydrogen (secondary N) is 4. The number of para-hydroxylation sites is 1. The molecule has 2 saturated heterocycles. The van der Waals surface area contributed by atoms with E-state index in [1.54, 1.807) is 12.3 Å². The molecule has 0 aliphatic carbocycles. The maximum Gasteiger partial charge on any atom is 0.264 e. The lowest BCUT2D eigenvalue weighted by Crippen LogP contribution is -2.57. The van der Waals surface area contributed by atoms with Crippen LogP contribution in [0.5, 0.6) is 0 Å². The zero-order valence-electron chi connectivity index (χ0n) is 27.4. The Bertz CT molecular complexity index is 1850. The van der Waals surface area contributed by atoms with Gasteiger partial charge in [-0.25, -0.2) is 0 Å². The van der Waals surface area contributed by atoms with Gasteiger partial charge < -0.3 is 35.8 Å². The second kappa shape index (κ2) is 14.6. The Balaban J connectivity index is 1.35. The first kappa shape index (κ1) is 33.9. The third-order valence-electron chi connectivity index (χ3n) is 9.19. The minimum absolute atomic E-state index is 0.0159. The van der Waals surface area contributed by atoms with Crippen LogP contribution in [0.1, 0.15) is 37.7 Å². The van der Waals surface area contributed by atoms with Gasteiger partial charge in [0, 0.05) is 60.9 Å². The maximum atomic E-state index is 14.3. The summed E-state index contributed by atoms with van der Waals surface area (Å²) in [6.45, 7) is 3.38. The highest BCUT2D eigenvalue weighted by atomic mass is 32.1. The highest BCUT2D eigenvalue weighted by molar-refractivity contribution is 7.14. The number of aliphatic hydroxyl groups excluding tert-OH is 1. The van der Waals surface area contributed by atoms with Gasteiger partial charge in [-0.2, -0.15) is 0 Å². The molecule has 4 atom stereocenters. The molecule has 0 radical (unpaired) electrons. The predicted octanol–water partition coefficient (Wildman–Crippen LogP) is 1.84. The molecule has 2 fully saturated rings. The number of benzene rings is 2. The minimum Gasteiger partial charge on any atom is -0.391 e. The van der Waals surface area contributed by atoms with E-state index in [0.717, 1.165) is 32.5 Å². The van der Waals surface area contributed by atoms with Crippen molar-refractivity contribution in [3.8, 4) is 0 Å². The molecule has 13 heteroatoms. The lowest BCUT2D eigenvalue weighted by atomic mass is 10.0. The summed E-state index contributed by atoms with van der Waals surface area (Å²) in [5.41, 5.74) is 3.41. The third kappa shape index (κ3) is 7.68. The van der Waals surface area contributed by atoms with Crippen LogP contribution in [0.2, 0.25) is 0 Å². The Kier molecular flexibility index (Phi) is 10.1. The van der Waals surface area contributed by atoms with Gasteiger partial charge in [0.05, 0.1) is 17.5 Å². The van der Waals surface area contributed by atoms with Gasteiger partial charge in [0.1, 0.15) is 18.1 Å². The molecule has 2 aliphatic heterocycles. The van der Waals surface area contributed by atoms with E-state index in [2.05, 4.69) is 20.9 Å². The molecule has 2 aliphatic rings. The van der Waals surface area contributed by atoms with E-state index in [1.165, 1.54) is 21.1 Å².